The van der Waals surface area contributed by atoms with Crippen molar-refractivity contribution in [1.82, 2.24) is 10.3 Å². The summed E-state index contributed by atoms with van der Waals surface area (Å²) in [5.41, 5.74) is 2.51. The van der Waals surface area contributed by atoms with Gasteiger partial charge in [-0.05, 0) is 19.4 Å². The molecule has 3 nitrogen and oxygen atoms in total. The van der Waals surface area contributed by atoms with Crippen LogP contribution < -0.4 is 10.1 Å². The molecule has 0 bridgehead atoms. The van der Waals surface area contributed by atoms with Crippen LogP contribution in [-0.4, -0.2) is 17.1 Å². The molecule has 0 atom stereocenters. The molecule has 0 unspecified atom stereocenters. The van der Waals surface area contributed by atoms with Crippen molar-refractivity contribution >= 4 is 11.3 Å². The van der Waals surface area contributed by atoms with Crippen LogP contribution in [0.2, 0.25) is 0 Å². The highest BCUT2D eigenvalue weighted by atomic mass is 32.1. The third-order valence-corrected chi connectivity index (χ3v) is 4.33. The topological polar surface area (TPSA) is 34.2 Å². The number of para-hydroxylation sites is 1. The van der Waals surface area contributed by atoms with Crippen LogP contribution in [0.25, 0.3) is 0 Å². The van der Waals surface area contributed by atoms with E-state index in [2.05, 4.69) is 42.3 Å². The van der Waals surface area contributed by atoms with Crippen molar-refractivity contribution < 1.29 is 4.74 Å². The van der Waals surface area contributed by atoms with E-state index in [-0.39, 0.29) is 5.60 Å². The first-order chi connectivity index (χ1) is 9.64. The number of hydrogen-bond donors (Lipinski definition) is 1. The average molecular weight is 288 g/mol. The van der Waals surface area contributed by atoms with Gasteiger partial charge in [-0.25, -0.2) is 4.98 Å². The van der Waals surface area contributed by atoms with E-state index in [4.69, 9.17) is 4.74 Å². The fourth-order valence-electron chi connectivity index (χ4n) is 2.61. The molecule has 1 aromatic carbocycles. The molecule has 0 amide bonds. The number of aromatic nitrogens is 1. The Morgan fingerprint density at radius 1 is 1.40 bits per heavy atom. The fraction of sp³-hybridized carbons (Fsp3) is 0.438. The van der Waals surface area contributed by atoms with Crippen molar-refractivity contribution in [3.8, 4) is 5.75 Å². The summed E-state index contributed by atoms with van der Waals surface area (Å²) in [6, 6.07) is 6.45. The Labute approximate surface area is 124 Å². The number of ether oxygens (including phenoxy) is 1. The summed E-state index contributed by atoms with van der Waals surface area (Å²) < 4.78 is 6.08. The number of thiazole rings is 1. The number of nitrogens with zero attached hydrogens (tertiary/aromatic N) is 1. The van der Waals surface area contributed by atoms with E-state index in [0.29, 0.717) is 0 Å². The minimum absolute atomic E-state index is 0.0701. The van der Waals surface area contributed by atoms with Crippen molar-refractivity contribution in [2.24, 2.45) is 0 Å². The van der Waals surface area contributed by atoms with Crippen LogP contribution in [0, 0.1) is 0 Å². The molecule has 1 aliphatic heterocycles. The molecule has 0 fully saturated rings. The third-order valence-electron chi connectivity index (χ3n) is 3.49. The van der Waals surface area contributed by atoms with E-state index in [9.17, 15) is 0 Å². The SMILES string of the molecule is CC1(C)Cc2cccc(CNCCc3nccs3)c2O1. The Morgan fingerprint density at radius 2 is 2.30 bits per heavy atom. The van der Waals surface area contributed by atoms with Gasteiger partial charge in [0.1, 0.15) is 11.4 Å². The molecule has 0 saturated carbocycles. The predicted octanol–water partition coefficient (Wildman–Crippen LogP) is 3.19. The fourth-order valence-corrected chi connectivity index (χ4v) is 3.23. The van der Waals surface area contributed by atoms with Gasteiger partial charge in [-0.2, -0.15) is 0 Å². The molecule has 3 rings (SSSR count). The zero-order valence-corrected chi connectivity index (χ0v) is 12.8. The third kappa shape index (κ3) is 3.02. The van der Waals surface area contributed by atoms with Crippen LogP contribution in [0.5, 0.6) is 5.75 Å². The van der Waals surface area contributed by atoms with Crippen molar-refractivity contribution in [1.29, 1.82) is 0 Å². The van der Waals surface area contributed by atoms with E-state index in [1.54, 1.807) is 11.3 Å². The standard InChI is InChI=1S/C16H20N2OS/c1-16(2)10-12-4-3-5-13(15(12)19-16)11-17-7-6-14-18-8-9-20-14/h3-5,8-9,17H,6-7,10-11H2,1-2H3. The highest BCUT2D eigenvalue weighted by Gasteiger charge is 2.31. The maximum Gasteiger partial charge on any atom is 0.127 e. The van der Waals surface area contributed by atoms with Crippen molar-refractivity contribution in [3.05, 3.63) is 45.9 Å². The predicted molar refractivity (Wildman–Crippen MR) is 82.4 cm³/mol. The monoisotopic (exact) mass is 288 g/mol. The van der Waals surface area contributed by atoms with Gasteiger partial charge in [-0.1, -0.05) is 18.2 Å². The largest absolute Gasteiger partial charge is 0.487 e. The van der Waals surface area contributed by atoms with Gasteiger partial charge in [-0.15, -0.1) is 11.3 Å². The minimum Gasteiger partial charge on any atom is -0.487 e. The summed E-state index contributed by atoms with van der Waals surface area (Å²) in [6.45, 7) is 6.09. The molecule has 20 heavy (non-hydrogen) atoms. The van der Waals surface area contributed by atoms with E-state index < -0.39 is 0 Å². The first-order valence-corrected chi connectivity index (χ1v) is 7.91. The second kappa shape index (κ2) is 5.54. The van der Waals surface area contributed by atoms with Crippen molar-refractivity contribution in [3.63, 3.8) is 0 Å². The van der Waals surface area contributed by atoms with Crippen molar-refractivity contribution in [2.45, 2.75) is 38.8 Å². The normalized spacial score (nSPS) is 15.9. The van der Waals surface area contributed by atoms with Gasteiger partial charge in [0.15, 0.2) is 0 Å². The lowest BCUT2D eigenvalue weighted by Crippen LogP contribution is -2.25. The molecule has 0 radical (unpaired) electrons. The van der Waals surface area contributed by atoms with E-state index in [0.717, 1.165) is 31.7 Å². The number of nitrogens with one attached hydrogen (secondary N) is 1. The molecular formula is C16H20N2OS. The van der Waals surface area contributed by atoms with Gasteiger partial charge in [0.05, 0.1) is 5.01 Å². The quantitative estimate of drug-likeness (QED) is 0.858. The molecule has 2 aromatic rings. The average Bonchev–Trinajstić information content (AvgIpc) is 3.00. The maximum atomic E-state index is 6.08. The summed E-state index contributed by atoms with van der Waals surface area (Å²) in [6.07, 6.45) is 3.84. The van der Waals surface area contributed by atoms with Crippen molar-refractivity contribution in [2.75, 3.05) is 6.54 Å². The van der Waals surface area contributed by atoms with Crippen LogP contribution >= 0.6 is 11.3 Å². The lowest BCUT2D eigenvalue weighted by molar-refractivity contribution is 0.137. The molecule has 0 saturated heterocycles. The zero-order valence-electron chi connectivity index (χ0n) is 12.0. The van der Waals surface area contributed by atoms with E-state index >= 15 is 0 Å². The molecule has 1 N–H and O–H groups in total. The molecule has 4 heteroatoms. The van der Waals surface area contributed by atoms with Crippen LogP contribution in [0.15, 0.2) is 29.8 Å². The summed E-state index contributed by atoms with van der Waals surface area (Å²) >= 11 is 1.71. The molecule has 0 spiro atoms. The van der Waals surface area contributed by atoms with Gasteiger partial charge >= 0.3 is 0 Å². The number of rotatable bonds is 5. The minimum atomic E-state index is -0.0701. The Morgan fingerprint density at radius 3 is 3.10 bits per heavy atom. The van der Waals surface area contributed by atoms with Crippen LogP contribution in [0.3, 0.4) is 0 Å². The molecule has 2 heterocycles. The Kier molecular flexibility index (Phi) is 3.76. The molecule has 1 aromatic heterocycles. The smallest absolute Gasteiger partial charge is 0.127 e. The van der Waals surface area contributed by atoms with Gasteiger partial charge in [0.2, 0.25) is 0 Å². The summed E-state index contributed by atoms with van der Waals surface area (Å²) in [5.74, 6) is 1.08. The number of benzene rings is 1. The van der Waals surface area contributed by atoms with Gasteiger partial charge in [0, 0.05) is 43.1 Å². The van der Waals surface area contributed by atoms with E-state index in [1.165, 1.54) is 16.1 Å². The lowest BCUT2D eigenvalue weighted by Gasteiger charge is -2.18. The molecule has 0 aliphatic carbocycles. The van der Waals surface area contributed by atoms with Gasteiger partial charge < -0.3 is 10.1 Å². The van der Waals surface area contributed by atoms with Gasteiger partial charge in [0.25, 0.3) is 0 Å². The van der Waals surface area contributed by atoms with E-state index in [1.807, 2.05) is 11.6 Å². The van der Waals surface area contributed by atoms with Gasteiger partial charge in [-0.3, -0.25) is 0 Å². The van der Waals surface area contributed by atoms with Crippen LogP contribution in [-0.2, 0) is 19.4 Å². The maximum absolute atomic E-state index is 6.08. The summed E-state index contributed by atoms with van der Waals surface area (Å²) in [5, 5.41) is 6.69. The molecule has 106 valence electrons. The second-order valence-corrected chi connectivity index (χ2v) is 6.78. The zero-order chi connectivity index (χ0) is 14.0. The number of fused-ring (bicyclic) bond motifs is 1. The van der Waals surface area contributed by atoms with Crippen LogP contribution in [0.4, 0.5) is 0 Å². The van der Waals surface area contributed by atoms with Crippen LogP contribution in [0.1, 0.15) is 30.0 Å². The summed E-state index contributed by atoms with van der Waals surface area (Å²) in [4.78, 5) is 4.29. The Balaban J connectivity index is 1.58. The summed E-state index contributed by atoms with van der Waals surface area (Å²) in [7, 11) is 0. The lowest BCUT2D eigenvalue weighted by atomic mass is 10.0. The first kappa shape index (κ1) is 13.6. The highest BCUT2D eigenvalue weighted by molar-refractivity contribution is 7.09. The second-order valence-electron chi connectivity index (χ2n) is 5.80. The Bertz CT molecular complexity index is 578. The first-order valence-electron chi connectivity index (χ1n) is 7.03. The Hall–Kier alpha value is -1.39. The molecule has 1 aliphatic rings. The number of hydrogen-bond acceptors (Lipinski definition) is 4. The molecular weight excluding hydrogens is 268 g/mol. The highest BCUT2D eigenvalue weighted by Crippen LogP contribution is 2.37.